The third-order valence-corrected chi connectivity index (χ3v) is 8.70. The second kappa shape index (κ2) is 13.2. The molecule has 44 heavy (non-hydrogen) atoms. The second-order valence-corrected chi connectivity index (χ2v) is 11.7. The maximum atomic E-state index is 11.8. The molecule has 0 amide bonds. The van der Waals surface area contributed by atoms with Gasteiger partial charge in [0.1, 0.15) is 18.1 Å². The van der Waals surface area contributed by atoms with E-state index in [0.29, 0.717) is 42.3 Å². The van der Waals surface area contributed by atoms with Crippen LogP contribution in [0.1, 0.15) is 51.9 Å². The zero-order valence-electron chi connectivity index (χ0n) is 24.7. The maximum absolute atomic E-state index is 11.8. The van der Waals surface area contributed by atoms with Crippen molar-refractivity contribution in [2.24, 2.45) is 0 Å². The number of benzene rings is 3. The fraction of sp³-hybridized carbons (Fsp3) is 0.278. The van der Waals surface area contributed by atoms with Crippen LogP contribution in [0.25, 0.3) is 5.57 Å². The van der Waals surface area contributed by atoms with Crippen molar-refractivity contribution in [3.63, 3.8) is 0 Å². The predicted molar refractivity (Wildman–Crippen MR) is 170 cm³/mol. The zero-order chi connectivity index (χ0) is 30.5. The summed E-state index contributed by atoms with van der Waals surface area (Å²) in [4.78, 5) is 18.7. The molecule has 0 bridgehead atoms. The maximum Gasteiger partial charge on any atom is 0.337 e. The first-order valence-electron chi connectivity index (χ1n) is 14.9. The van der Waals surface area contributed by atoms with Gasteiger partial charge in [-0.2, -0.15) is 0 Å². The van der Waals surface area contributed by atoms with Gasteiger partial charge in [-0.3, -0.25) is 0 Å². The monoisotopic (exact) mass is 610 g/mol. The Labute approximate surface area is 262 Å². The number of aromatic nitrogens is 1. The number of allylic oxidation sites excluding steroid dienone is 1. The molecular weight excluding hydrogens is 576 g/mol. The molecule has 2 aliphatic rings. The van der Waals surface area contributed by atoms with E-state index in [4.69, 9.17) is 25.8 Å². The molecule has 7 nitrogen and oxygen atoms in total. The summed E-state index contributed by atoms with van der Waals surface area (Å²) < 4.78 is 17.4. The highest BCUT2D eigenvalue weighted by Gasteiger charge is 2.33. The highest BCUT2D eigenvalue weighted by atomic mass is 35.5. The number of carbonyl (C=O) groups is 1. The number of hydrogen-bond acceptors (Lipinski definition) is 7. The minimum atomic E-state index is -0.813. The summed E-state index contributed by atoms with van der Waals surface area (Å²) in [6.45, 7) is 2.89. The van der Waals surface area contributed by atoms with Crippen molar-refractivity contribution < 1.29 is 24.1 Å². The Hall–Kier alpha value is -4.17. The molecule has 3 heterocycles. The molecule has 0 saturated carbocycles. The van der Waals surface area contributed by atoms with Crippen LogP contribution in [0.4, 0.5) is 0 Å². The molecule has 0 atom stereocenters. The summed E-state index contributed by atoms with van der Waals surface area (Å²) >= 11 is 6.05. The molecule has 226 valence electrons. The van der Waals surface area contributed by atoms with Crippen LogP contribution in [0.5, 0.6) is 17.4 Å². The van der Waals surface area contributed by atoms with Crippen LogP contribution in [0.15, 0.2) is 91.1 Å². The quantitative estimate of drug-likeness (QED) is 0.211. The lowest BCUT2D eigenvalue weighted by Gasteiger charge is -2.38. The van der Waals surface area contributed by atoms with Crippen molar-refractivity contribution >= 4 is 23.1 Å². The standard InChI is InChI=1S/C36H35ClN2O5/c1-42-35(40)26-11-9-25(10-12-26)24-43-32-7-2-8-33-31(32)23-27(30-6-3-19-38-34(30)44-33)5-4-20-39-21-17-36(41,18-22-39)28-13-15-29(37)16-14-28/h2-3,5-16,19,41H,4,17-18,20-24H2,1H3/b27-5-. The minimum absolute atomic E-state index is 0.347. The number of fused-ring (bicyclic) bond motifs is 2. The first-order chi connectivity index (χ1) is 21.4. The van der Waals surface area contributed by atoms with Gasteiger partial charge in [-0.15, -0.1) is 0 Å². The zero-order valence-corrected chi connectivity index (χ0v) is 25.4. The first-order valence-corrected chi connectivity index (χ1v) is 15.2. The molecule has 2 aliphatic heterocycles. The molecule has 8 heteroatoms. The Morgan fingerprint density at radius 1 is 1.05 bits per heavy atom. The molecular formula is C36H35ClN2O5. The third-order valence-electron chi connectivity index (χ3n) is 8.45. The summed E-state index contributed by atoms with van der Waals surface area (Å²) in [7, 11) is 1.37. The van der Waals surface area contributed by atoms with Crippen molar-refractivity contribution in [2.45, 2.75) is 37.9 Å². The van der Waals surface area contributed by atoms with Gasteiger partial charge >= 0.3 is 5.97 Å². The summed E-state index contributed by atoms with van der Waals surface area (Å²) in [5.41, 5.74) is 4.64. The number of ether oxygens (including phenoxy) is 3. The normalized spacial score (nSPS) is 16.8. The van der Waals surface area contributed by atoms with Crippen LogP contribution in [0, 0.1) is 0 Å². The fourth-order valence-corrected chi connectivity index (χ4v) is 6.00. The summed E-state index contributed by atoms with van der Waals surface area (Å²) in [5.74, 6) is 1.69. The second-order valence-electron chi connectivity index (χ2n) is 11.2. The Kier molecular flexibility index (Phi) is 8.98. The van der Waals surface area contributed by atoms with Gasteiger partial charge in [-0.1, -0.05) is 48.0 Å². The van der Waals surface area contributed by atoms with Gasteiger partial charge in [-0.05, 0) is 84.5 Å². The van der Waals surface area contributed by atoms with E-state index in [1.165, 1.54) is 7.11 Å². The average molecular weight is 611 g/mol. The lowest BCUT2D eigenvalue weighted by atomic mass is 9.84. The van der Waals surface area contributed by atoms with Crippen molar-refractivity contribution in [2.75, 3.05) is 26.7 Å². The number of methoxy groups -OCH3 is 1. The topological polar surface area (TPSA) is 81.1 Å². The van der Waals surface area contributed by atoms with E-state index in [9.17, 15) is 9.90 Å². The number of aliphatic hydroxyl groups is 1. The Morgan fingerprint density at radius 2 is 1.82 bits per heavy atom. The van der Waals surface area contributed by atoms with Crippen LogP contribution in [0.2, 0.25) is 5.02 Å². The van der Waals surface area contributed by atoms with Crippen LogP contribution in [0.3, 0.4) is 0 Å². The fourth-order valence-electron chi connectivity index (χ4n) is 5.87. The van der Waals surface area contributed by atoms with Crippen molar-refractivity contribution in [1.82, 2.24) is 9.88 Å². The molecule has 0 spiro atoms. The number of rotatable bonds is 8. The lowest BCUT2D eigenvalue weighted by Crippen LogP contribution is -2.42. The van der Waals surface area contributed by atoms with E-state index in [2.05, 4.69) is 22.0 Å². The van der Waals surface area contributed by atoms with E-state index in [1.54, 1.807) is 18.3 Å². The smallest absolute Gasteiger partial charge is 0.337 e. The van der Waals surface area contributed by atoms with Gasteiger partial charge in [-0.25, -0.2) is 9.78 Å². The van der Waals surface area contributed by atoms with Crippen molar-refractivity contribution in [3.05, 3.63) is 124 Å². The number of hydrogen-bond donors (Lipinski definition) is 1. The van der Waals surface area contributed by atoms with Gasteiger partial charge in [0.25, 0.3) is 0 Å². The minimum Gasteiger partial charge on any atom is -0.488 e. The van der Waals surface area contributed by atoms with Crippen molar-refractivity contribution in [1.29, 1.82) is 0 Å². The number of nitrogens with zero attached hydrogens (tertiary/aromatic N) is 2. The number of likely N-dealkylation sites (tertiary alicyclic amines) is 1. The van der Waals surface area contributed by atoms with E-state index in [0.717, 1.165) is 65.4 Å². The lowest BCUT2D eigenvalue weighted by molar-refractivity contribution is -0.0254. The first kappa shape index (κ1) is 29.9. The van der Waals surface area contributed by atoms with Crippen LogP contribution >= 0.6 is 11.6 Å². The number of halogens is 1. The number of piperidine rings is 1. The average Bonchev–Trinajstić information content (AvgIpc) is 3.22. The van der Waals surface area contributed by atoms with E-state index < -0.39 is 5.60 Å². The summed E-state index contributed by atoms with van der Waals surface area (Å²) in [5, 5.41) is 11.9. The van der Waals surface area contributed by atoms with Gasteiger partial charge in [0.15, 0.2) is 0 Å². The van der Waals surface area contributed by atoms with Gasteiger partial charge < -0.3 is 24.2 Å². The largest absolute Gasteiger partial charge is 0.488 e. The molecule has 0 aliphatic carbocycles. The number of esters is 1. The van der Waals surface area contributed by atoms with E-state index >= 15 is 0 Å². The predicted octanol–water partition coefficient (Wildman–Crippen LogP) is 7.21. The molecule has 1 N–H and O–H groups in total. The van der Waals surface area contributed by atoms with E-state index in [-0.39, 0.29) is 5.97 Å². The SMILES string of the molecule is COC(=O)c1ccc(COc2cccc3c2C/C(=C/CCN2CCC(O)(c4ccc(Cl)cc4)CC2)c2cccnc2O3)cc1. The highest BCUT2D eigenvalue weighted by Crippen LogP contribution is 2.42. The molecule has 4 aromatic rings. The van der Waals surface area contributed by atoms with Crippen molar-refractivity contribution in [3.8, 4) is 17.4 Å². The van der Waals surface area contributed by atoms with Gasteiger partial charge in [0, 0.05) is 48.4 Å². The number of carbonyl (C=O) groups excluding carboxylic acids is 1. The Balaban J connectivity index is 1.14. The van der Waals surface area contributed by atoms with Crippen LogP contribution in [-0.2, 0) is 23.4 Å². The molecule has 1 fully saturated rings. The molecule has 0 radical (unpaired) electrons. The molecule has 0 unspecified atom stereocenters. The molecule has 6 rings (SSSR count). The van der Waals surface area contributed by atoms with E-state index in [1.807, 2.05) is 60.7 Å². The molecule has 1 saturated heterocycles. The number of pyridine rings is 1. The Morgan fingerprint density at radius 3 is 2.57 bits per heavy atom. The Bertz CT molecular complexity index is 1640. The molecule has 3 aromatic carbocycles. The summed E-state index contributed by atoms with van der Waals surface area (Å²) in [6, 6.07) is 24.6. The summed E-state index contributed by atoms with van der Waals surface area (Å²) in [6.07, 6.45) is 6.89. The van der Waals surface area contributed by atoms with Gasteiger partial charge in [0.05, 0.1) is 18.3 Å². The molecule has 1 aromatic heterocycles. The van der Waals surface area contributed by atoms with Crippen LogP contribution < -0.4 is 9.47 Å². The highest BCUT2D eigenvalue weighted by molar-refractivity contribution is 6.30. The van der Waals surface area contributed by atoms with Crippen LogP contribution in [-0.4, -0.2) is 47.7 Å². The van der Waals surface area contributed by atoms with Gasteiger partial charge in [0.2, 0.25) is 5.88 Å². The third kappa shape index (κ3) is 6.65.